The topological polar surface area (TPSA) is 93.5 Å². The highest BCUT2D eigenvalue weighted by molar-refractivity contribution is 6.30. The van der Waals surface area contributed by atoms with E-state index in [1.807, 2.05) is 0 Å². The number of benzene rings is 1. The zero-order valence-corrected chi connectivity index (χ0v) is 12.8. The molecule has 1 saturated heterocycles. The predicted molar refractivity (Wildman–Crippen MR) is 82.3 cm³/mol. The Balaban J connectivity index is 1.80. The maximum absolute atomic E-state index is 11.8. The van der Waals surface area contributed by atoms with Crippen LogP contribution in [0.4, 0.5) is 5.69 Å². The summed E-state index contributed by atoms with van der Waals surface area (Å²) < 4.78 is 5.34. The number of carbonyl (C=O) groups is 1. The maximum atomic E-state index is 11.8. The second-order valence-corrected chi connectivity index (χ2v) is 5.51. The van der Waals surface area contributed by atoms with Crippen molar-refractivity contribution in [3.8, 4) is 5.75 Å². The van der Waals surface area contributed by atoms with Crippen LogP contribution in [0.5, 0.6) is 5.75 Å². The first-order valence-corrected chi connectivity index (χ1v) is 7.51. The van der Waals surface area contributed by atoms with Crippen LogP contribution in [0.25, 0.3) is 0 Å². The lowest BCUT2D eigenvalue weighted by Crippen LogP contribution is -2.45. The first-order chi connectivity index (χ1) is 10.6. The van der Waals surface area contributed by atoms with Crippen molar-refractivity contribution in [2.45, 2.75) is 25.3 Å². The van der Waals surface area contributed by atoms with Gasteiger partial charge in [-0.2, -0.15) is 0 Å². The molecule has 8 heteroatoms. The van der Waals surface area contributed by atoms with Gasteiger partial charge in [-0.05, 0) is 31.5 Å². The summed E-state index contributed by atoms with van der Waals surface area (Å²) in [5, 5.41) is 17.3. The number of rotatable bonds is 6. The highest BCUT2D eigenvalue weighted by atomic mass is 35.5. The number of nitro benzene ring substituents is 1. The Kier molecular flexibility index (Phi) is 5.97. The van der Waals surface area contributed by atoms with E-state index in [0.29, 0.717) is 0 Å². The Labute approximate surface area is 133 Å². The van der Waals surface area contributed by atoms with Gasteiger partial charge in [0, 0.05) is 23.7 Å². The second kappa shape index (κ2) is 7.95. The van der Waals surface area contributed by atoms with E-state index in [2.05, 4.69) is 10.6 Å². The van der Waals surface area contributed by atoms with Gasteiger partial charge in [0.15, 0.2) is 5.75 Å². The van der Waals surface area contributed by atoms with Gasteiger partial charge in [-0.1, -0.05) is 11.6 Å². The molecule has 120 valence electrons. The molecule has 1 aliphatic rings. The Morgan fingerprint density at radius 3 is 3.05 bits per heavy atom. The van der Waals surface area contributed by atoms with Crippen molar-refractivity contribution in [2.75, 3.05) is 19.7 Å². The van der Waals surface area contributed by atoms with E-state index >= 15 is 0 Å². The monoisotopic (exact) mass is 327 g/mol. The minimum Gasteiger partial charge on any atom is -0.486 e. The van der Waals surface area contributed by atoms with Crippen LogP contribution in [0.15, 0.2) is 18.2 Å². The fourth-order valence-electron chi connectivity index (χ4n) is 2.28. The average molecular weight is 328 g/mol. The van der Waals surface area contributed by atoms with Crippen LogP contribution in [0.3, 0.4) is 0 Å². The van der Waals surface area contributed by atoms with Crippen molar-refractivity contribution in [1.82, 2.24) is 10.6 Å². The van der Waals surface area contributed by atoms with E-state index in [1.165, 1.54) is 18.2 Å². The number of carbonyl (C=O) groups excluding carboxylic acids is 1. The minimum atomic E-state index is -0.561. The van der Waals surface area contributed by atoms with Crippen LogP contribution >= 0.6 is 11.6 Å². The van der Waals surface area contributed by atoms with Crippen LogP contribution in [0, 0.1) is 10.1 Å². The summed E-state index contributed by atoms with van der Waals surface area (Å²) in [6.45, 7) is 1.83. The number of hydrogen-bond acceptors (Lipinski definition) is 5. The third-order valence-electron chi connectivity index (χ3n) is 3.37. The number of nitro groups is 1. The summed E-state index contributed by atoms with van der Waals surface area (Å²) in [6, 6.07) is 4.32. The molecule has 0 saturated carbocycles. The van der Waals surface area contributed by atoms with Crippen molar-refractivity contribution < 1.29 is 14.5 Å². The summed E-state index contributed by atoms with van der Waals surface area (Å²) in [5.74, 6) is -0.00755. The van der Waals surface area contributed by atoms with Gasteiger partial charge < -0.3 is 15.4 Å². The smallest absolute Gasteiger partial charge is 0.312 e. The van der Waals surface area contributed by atoms with Crippen molar-refractivity contribution in [3.05, 3.63) is 33.3 Å². The lowest BCUT2D eigenvalue weighted by atomic mass is 10.1. The molecular formula is C14H18ClN3O4. The van der Waals surface area contributed by atoms with Gasteiger partial charge in [-0.3, -0.25) is 14.9 Å². The maximum Gasteiger partial charge on any atom is 0.312 e. The molecule has 0 spiro atoms. The van der Waals surface area contributed by atoms with Gasteiger partial charge in [0.1, 0.15) is 0 Å². The van der Waals surface area contributed by atoms with Gasteiger partial charge in [0.2, 0.25) is 5.91 Å². The lowest BCUT2D eigenvalue weighted by Gasteiger charge is -2.23. The quantitative estimate of drug-likeness (QED) is 0.614. The molecule has 1 fully saturated rings. The normalized spacial score (nSPS) is 17.8. The van der Waals surface area contributed by atoms with E-state index in [9.17, 15) is 14.9 Å². The summed E-state index contributed by atoms with van der Waals surface area (Å²) in [5.41, 5.74) is -0.204. The predicted octanol–water partition coefficient (Wildman–Crippen LogP) is 1.89. The summed E-state index contributed by atoms with van der Waals surface area (Å²) in [6.07, 6.45) is 2.15. The third-order valence-corrected chi connectivity index (χ3v) is 3.60. The van der Waals surface area contributed by atoms with E-state index in [-0.39, 0.29) is 41.4 Å². The van der Waals surface area contributed by atoms with Gasteiger partial charge in [0.25, 0.3) is 0 Å². The van der Waals surface area contributed by atoms with Crippen LogP contribution < -0.4 is 15.4 Å². The molecule has 1 atom stereocenters. The Morgan fingerprint density at radius 2 is 2.36 bits per heavy atom. The fraction of sp³-hybridized carbons (Fsp3) is 0.500. The summed E-state index contributed by atoms with van der Waals surface area (Å²) in [4.78, 5) is 22.2. The average Bonchev–Trinajstić information content (AvgIpc) is 2.49. The number of hydrogen-bond donors (Lipinski definition) is 2. The molecule has 2 rings (SSSR count). The van der Waals surface area contributed by atoms with Gasteiger partial charge >= 0.3 is 5.69 Å². The zero-order valence-electron chi connectivity index (χ0n) is 12.0. The number of ether oxygens (including phenoxy) is 1. The molecule has 0 aromatic heterocycles. The van der Waals surface area contributed by atoms with Gasteiger partial charge in [-0.15, -0.1) is 0 Å². The Morgan fingerprint density at radius 1 is 1.55 bits per heavy atom. The molecule has 7 nitrogen and oxygen atoms in total. The summed E-state index contributed by atoms with van der Waals surface area (Å²) >= 11 is 5.72. The highest BCUT2D eigenvalue weighted by Crippen LogP contribution is 2.29. The summed E-state index contributed by atoms with van der Waals surface area (Å²) in [7, 11) is 0. The number of nitrogens with zero attached hydrogens (tertiary/aromatic N) is 1. The van der Waals surface area contributed by atoms with E-state index in [1.54, 1.807) is 0 Å². The molecule has 0 aliphatic carbocycles. The zero-order chi connectivity index (χ0) is 15.9. The van der Waals surface area contributed by atoms with E-state index in [4.69, 9.17) is 16.3 Å². The minimum absolute atomic E-state index is 0.0778. The van der Waals surface area contributed by atoms with Gasteiger partial charge in [0.05, 0.1) is 18.0 Å². The molecule has 1 aromatic rings. The van der Waals surface area contributed by atoms with Crippen molar-refractivity contribution in [1.29, 1.82) is 0 Å². The molecule has 0 unspecified atom stereocenters. The van der Waals surface area contributed by atoms with E-state index in [0.717, 1.165) is 25.9 Å². The van der Waals surface area contributed by atoms with Gasteiger partial charge in [-0.25, -0.2) is 0 Å². The molecular weight excluding hydrogens is 310 g/mol. The Bertz CT molecular complexity index is 547. The third kappa shape index (κ3) is 4.85. The molecule has 0 radical (unpaired) electrons. The molecule has 1 aliphatic heterocycles. The molecule has 0 bridgehead atoms. The molecule has 2 N–H and O–H groups in total. The fourth-order valence-corrected chi connectivity index (χ4v) is 2.45. The lowest BCUT2D eigenvalue weighted by molar-refractivity contribution is -0.385. The number of amides is 1. The van der Waals surface area contributed by atoms with Crippen LogP contribution in [0.2, 0.25) is 5.02 Å². The van der Waals surface area contributed by atoms with Crippen LogP contribution in [-0.4, -0.2) is 36.6 Å². The van der Waals surface area contributed by atoms with E-state index < -0.39 is 4.92 Å². The standard InChI is InChI=1S/C14H18ClN3O4/c15-10-3-4-13(12(8-10)18(20)21)22-7-5-14(19)17-11-2-1-6-16-9-11/h3-4,8,11,16H,1-2,5-7,9H2,(H,17,19)/t11-/m0/s1. The number of nitrogens with one attached hydrogen (secondary N) is 2. The highest BCUT2D eigenvalue weighted by Gasteiger charge is 2.17. The van der Waals surface area contributed by atoms with Crippen LogP contribution in [-0.2, 0) is 4.79 Å². The molecule has 1 heterocycles. The Hall–Kier alpha value is -1.86. The second-order valence-electron chi connectivity index (χ2n) is 5.08. The largest absolute Gasteiger partial charge is 0.486 e. The van der Waals surface area contributed by atoms with Crippen molar-refractivity contribution >= 4 is 23.2 Å². The molecule has 1 aromatic carbocycles. The molecule has 22 heavy (non-hydrogen) atoms. The SMILES string of the molecule is O=C(CCOc1ccc(Cl)cc1[N+](=O)[O-])N[C@H]1CCCNC1. The van der Waals surface area contributed by atoms with Crippen LogP contribution in [0.1, 0.15) is 19.3 Å². The number of halogens is 1. The molecule has 1 amide bonds. The van der Waals surface area contributed by atoms with Crippen molar-refractivity contribution in [3.63, 3.8) is 0 Å². The van der Waals surface area contributed by atoms with Crippen molar-refractivity contribution in [2.24, 2.45) is 0 Å². The number of piperidine rings is 1. The first-order valence-electron chi connectivity index (χ1n) is 7.13. The first kappa shape index (κ1) is 16.5.